The van der Waals surface area contributed by atoms with Gasteiger partial charge in [-0.15, -0.1) is 0 Å². The molecule has 8 rings (SSSR count). The van der Waals surface area contributed by atoms with Crippen molar-refractivity contribution in [3.8, 4) is 22.3 Å². The first kappa shape index (κ1) is 27.4. The third-order valence-electron chi connectivity index (χ3n) is 11.2. The van der Waals surface area contributed by atoms with Gasteiger partial charge < -0.3 is 18.6 Å². The summed E-state index contributed by atoms with van der Waals surface area (Å²) in [5.41, 5.74) is 10.1. The van der Waals surface area contributed by atoms with E-state index in [0.717, 1.165) is 10.9 Å². The average Bonchev–Trinajstić information content (AvgIpc) is 3.57. The maximum absolute atomic E-state index is 6.55. The highest BCUT2D eigenvalue weighted by Crippen LogP contribution is 2.62. The predicted molar refractivity (Wildman–Crippen MR) is 174 cm³/mol. The van der Waals surface area contributed by atoms with Gasteiger partial charge in [-0.3, -0.25) is 0 Å². The van der Waals surface area contributed by atoms with Gasteiger partial charge in [0.15, 0.2) is 0 Å². The van der Waals surface area contributed by atoms with Gasteiger partial charge in [-0.1, -0.05) is 84.9 Å². The minimum absolute atomic E-state index is 0.415. The molecule has 2 fully saturated rings. The predicted octanol–water partition coefficient (Wildman–Crippen LogP) is 6.63. The fourth-order valence-electron chi connectivity index (χ4n) is 7.43. The molecule has 0 saturated carbocycles. The molecule has 216 valence electrons. The average molecular weight is 568 g/mol. The molecule has 4 aromatic rings. The van der Waals surface area contributed by atoms with Crippen molar-refractivity contribution in [2.24, 2.45) is 0 Å². The topological polar surface area (TPSA) is 36.9 Å². The molecule has 4 aromatic carbocycles. The van der Waals surface area contributed by atoms with Crippen LogP contribution in [0.5, 0.6) is 0 Å². The second kappa shape index (κ2) is 8.51. The maximum atomic E-state index is 6.55. The summed E-state index contributed by atoms with van der Waals surface area (Å²) >= 11 is 0. The first-order valence-corrected chi connectivity index (χ1v) is 15.5. The van der Waals surface area contributed by atoms with Gasteiger partial charge in [0.2, 0.25) is 0 Å². The zero-order valence-corrected chi connectivity index (χ0v) is 26.4. The molecular formula is C37H38B2O4. The summed E-state index contributed by atoms with van der Waals surface area (Å²) in [4.78, 5) is 0. The lowest BCUT2D eigenvalue weighted by Crippen LogP contribution is -2.41. The van der Waals surface area contributed by atoms with Gasteiger partial charge in [-0.25, -0.2) is 0 Å². The molecule has 2 aliphatic heterocycles. The van der Waals surface area contributed by atoms with Crippen LogP contribution in [0.2, 0.25) is 0 Å². The third kappa shape index (κ3) is 3.50. The second-order valence-electron chi connectivity index (χ2n) is 14.6. The quantitative estimate of drug-likeness (QED) is 0.220. The molecule has 0 radical (unpaired) electrons. The Bertz CT molecular complexity index is 1660. The van der Waals surface area contributed by atoms with Gasteiger partial charge in [-0.2, -0.15) is 0 Å². The van der Waals surface area contributed by atoms with Gasteiger partial charge in [0.25, 0.3) is 0 Å². The van der Waals surface area contributed by atoms with Crippen LogP contribution in [-0.4, -0.2) is 36.6 Å². The zero-order valence-electron chi connectivity index (χ0n) is 26.4. The van der Waals surface area contributed by atoms with E-state index >= 15 is 0 Å². The zero-order chi connectivity index (χ0) is 30.2. The normalized spacial score (nSPS) is 22.4. The van der Waals surface area contributed by atoms with Crippen LogP contribution in [-0.2, 0) is 24.0 Å². The fraction of sp³-hybridized carbons (Fsp3) is 0.351. The Morgan fingerprint density at radius 3 is 1.09 bits per heavy atom. The van der Waals surface area contributed by atoms with Crippen molar-refractivity contribution >= 4 is 25.2 Å². The van der Waals surface area contributed by atoms with E-state index in [1.165, 1.54) is 44.5 Å². The molecule has 6 heteroatoms. The molecule has 4 nitrogen and oxygen atoms in total. The van der Waals surface area contributed by atoms with E-state index in [9.17, 15) is 0 Å². The van der Waals surface area contributed by atoms with Crippen molar-refractivity contribution in [3.05, 3.63) is 107 Å². The number of benzene rings is 4. The highest BCUT2D eigenvalue weighted by atomic mass is 16.7. The molecule has 0 aromatic heterocycles. The Morgan fingerprint density at radius 1 is 0.395 bits per heavy atom. The van der Waals surface area contributed by atoms with E-state index in [2.05, 4.69) is 140 Å². The summed E-state index contributed by atoms with van der Waals surface area (Å²) in [7, 11) is -0.883. The standard InChI is InChI=1S/C37H38B2O4/c1-33(2)34(3,4)41-38(40-33)23-17-19-27-25-13-9-11-15-29(25)37(31(27)21-23)30-16-12-10-14-26(30)28-20-18-24(22-32(28)37)39-42-35(5,6)36(7,8)43-39/h9-22H,1-8H3. The lowest BCUT2D eigenvalue weighted by atomic mass is 9.67. The van der Waals surface area contributed by atoms with Crippen molar-refractivity contribution in [3.63, 3.8) is 0 Å². The van der Waals surface area contributed by atoms with Crippen LogP contribution < -0.4 is 10.9 Å². The molecular weight excluding hydrogens is 530 g/mol. The minimum atomic E-state index is -0.489. The van der Waals surface area contributed by atoms with Crippen molar-refractivity contribution in [1.29, 1.82) is 0 Å². The SMILES string of the molecule is CC1(C)OB(c2ccc3c(c2)C2(c4ccccc4-3)c3ccccc3-c3ccc(B4OC(C)(C)C(C)(C)O4)cc32)OC1(C)C. The summed E-state index contributed by atoms with van der Waals surface area (Å²) in [6.45, 7) is 16.9. The molecule has 2 saturated heterocycles. The van der Waals surface area contributed by atoms with E-state index < -0.39 is 42.1 Å². The van der Waals surface area contributed by atoms with Gasteiger partial charge in [0.1, 0.15) is 0 Å². The Balaban J connectivity index is 1.37. The number of hydrogen-bond acceptors (Lipinski definition) is 4. The van der Waals surface area contributed by atoms with Crippen molar-refractivity contribution < 1.29 is 18.6 Å². The Hall–Kier alpha value is -3.15. The minimum Gasteiger partial charge on any atom is -0.399 e. The van der Waals surface area contributed by atoms with Gasteiger partial charge >= 0.3 is 14.2 Å². The lowest BCUT2D eigenvalue weighted by molar-refractivity contribution is 0.00578. The lowest BCUT2D eigenvalue weighted by Gasteiger charge is -2.32. The highest BCUT2D eigenvalue weighted by molar-refractivity contribution is 6.62. The van der Waals surface area contributed by atoms with Crippen LogP contribution in [0, 0.1) is 0 Å². The molecule has 43 heavy (non-hydrogen) atoms. The Kier molecular flexibility index (Phi) is 5.43. The number of rotatable bonds is 2. The first-order chi connectivity index (χ1) is 20.3. The summed E-state index contributed by atoms with van der Waals surface area (Å²) in [6, 6.07) is 31.3. The van der Waals surface area contributed by atoms with E-state index in [1.54, 1.807) is 0 Å². The van der Waals surface area contributed by atoms with Crippen molar-refractivity contribution in [2.75, 3.05) is 0 Å². The molecule has 4 aliphatic rings. The molecule has 0 atom stereocenters. The van der Waals surface area contributed by atoms with E-state index in [-0.39, 0.29) is 0 Å². The van der Waals surface area contributed by atoms with Gasteiger partial charge in [0, 0.05) is 0 Å². The monoisotopic (exact) mass is 568 g/mol. The van der Waals surface area contributed by atoms with Gasteiger partial charge in [-0.05, 0) is 111 Å². The molecule has 2 heterocycles. The highest BCUT2D eigenvalue weighted by Gasteiger charge is 2.56. The van der Waals surface area contributed by atoms with Crippen LogP contribution in [0.1, 0.15) is 77.6 Å². The molecule has 0 N–H and O–H groups in total. The molecule has 2 aliphatic carbocycles. The van der Waals surface area contributed by atoms with E-state index in [1.807, 2.05) is 0 Å². The third-order valence-corrected chi connectivity index (χ3v) is 11.2. The molecule has 1 spiro atoms. The maximum Gasteiger partial charge on any atom is 0.494 e. The largest absolute Gasteiger partial charge is 0.494 e. The van der Waals surface area contributed by atoms with Crippen molar-refractivity contribution in [2.45, 2.75) is 83.2 Å². The fourth-order valence-corrected chi connectivity index (χ4v) is 7.43. The molecule has 0 unspecified atom stereocenters. The first-order valence-electron chi connectivity index (χ1n) is 15.5. The van der Waals surface area contributed by atoms with Crippen LogP contribution >= 0.6 is 0 Å². The summed E-state index contributed by atoms with van der Waals surface area (Å²) in [6.07, 6.45) is 0. The van der Waals surface area contributed by atoms with Crippen LogP contribution in [0.25, 0.3) is 22.3 Å². The molecule has 0 amide bonds. The van der Waals surface area contributed by atoms with E-state index in [4.69, 9.17) is 18.6 Å². The smallest absolute Gasteiger partial charge is 0.399 e. The second-order valence-corrected chi connectivity index (χ2v) is 14.6. The van der Waals surface area contributed by atoms with Crippen LogP contribution in [0.3, 0.4) is 0 Å². The number of fused-ring (bicyclic) bond motifs is 10. The van der Waals surface area contributed by atoms with Crippen LogP contribution in [0.15, 0.2) is 84.9 Å². The summed E-state index contributed by atoms with van der Waals surface area (Å²) in [5.74, 6) is 0. The van der Waals surface area contributed by atoms with Crippen molar-refractivity contribution in [1.82, 2.24) is 0 Å². The molecule has 0 bridgehead atoms. The summed E-state index contributed by atoms with van der Waals surface area (Å²) < 4.78 is 26.2. The van der Waals surface area contributed by atoms with Crippen LogP contribution in [0.4, 0.5) is 0 Å². The summed E-state index contributed by atoms with van der Waals surface area (Å²) in [5, 5.41) is 0. The van der Waals surface area contributed by atoms with Gasteiger partial charge in [0.05, 0.1) is 27.8 Å². The Labute approximate surface area is 256 Å². The van der Waals surface area contributed by atoms with E-state index in [0.29, 0.717) is 0 Å². The number of hydrogen-bond donors (Lipinski definition) is 0. The Morgan fingerprint density at radius 2 is 0.721 bits per heavy atom.